The maximum atomic E-state index is 12.8. The molecule has 1 aliphatic rings. The summed E-state index contributed by atoms with van der Waals surface area (Å²) < 4.78 is 9.49. The molecule has 0 spiro atoms. The van der Waals surface area contributed by atoms with Crippen LogP contribution >= 0.6 is 11.3 Å². The lowest BCUT2D eigenvalue weighted by Gasteiger charge is -2.14. The van der Waals surface area contributed by atoms with Crippen molar-refractivity contribution >= 4 is 33.3 Å². The summed E-state index contributed by atoms with van der Waals surface area (Å²) in [6.07, 6.45) is 1.58. The molecular weight excluding hydrogens is 364 g/mol. The third kappa shape index (κ3) is 2.33. The molecule has 5 rings (SSSR count). The van der Waals surface area contributed by atoms with Crippen LogP contribution in [0.2, 0.25) is 0 Å². The van der Waals surface area contributed by atoms with Crippen LogP contribution < -0.4 is 5.56 Å². The fraction of sp³-hybridized carbons (Fsp3) is 0.263. The molecule has 0 amide bonds. The van der Waals surface area contributed by atoms with Crippen molar-refractivity contribution in [2.45, 2.75) is 24.9 Å². The van der Waals surface area contributed by atoms with Gasteiger partial charge in [0, 0.05) is 7.05 Å². The molecule has 3 heterocycles. The molecule has 1 aromatic carbocycles. The van der Waals surface area contributed by atoms with Gasteiger partial charge in [0.05, 0.1) is 10.9 Å². The molecule has 0 aliphatic heterocycles. The number of carbonyl (C=O) groups excluding carboxylic acids is 1. The van der Waals surface area contributed by atoms with Gasteiger partial charge in [-0.15, -0.1) is 21.5 Å². The monoisotopic (exact) mass is 380 g/mol. The minimum atomic E-state index is -0.535. The van der Waals surface area contributed by atoms with E-state index < -0.39 is 5.41 Å². The molecule has 4 aromatic rings. The number of fused-ring (bicyclic) bond motifs is 3. The number of hydrogen-bond donors (Lipinski definition) is 0. The summed E-state index contributed by atoms with van der Waals surface area (Å²) in [5.41, 5.74) is 1.08. The normalized spacial score (nSPS) is 15.3. The Morgan fingerprint density at radius 3 is 2.74 bits per heavy atom. The molecule has 0 N–H and O–H groups in total. The molecule has 0 bridgehead atoms. The maximum Gasteiger partial charge on any atom is 0.317 e. The van der Waals surface area contributed by atoms with Gasteiger partial charge in [-0.05, 0) is 29.9 Å². The van der Waals surface area contributed by atoms with Gasteiger partial charge >= 0.3 is 5.97 Å². The molecule has 136 valence electrons. The van der Waals surface area contributed by atoms with Crippen LogP contribution in [0.5, 0.6) is 0 Å². The Morgan fingerprint density at radius 2 is 2.00 bits per heavy atom. The van der Waals surface area contributed by atoms with Gasteiger partial charge in [0.1, 0.15) is 4.70 Å². The fourth-order valence-corrected chi connectivity index (χ4v) is 4.36. The molecular formula is C19H16N4O3S. The molecule has 1 aliphatic carbocycles. The first-order valence-corrected chi connectivity index (χ1v) is 9.53. The van der Waals surface area contributed by atoms with Gasteiger partial charge in [-0.2, -0.15) is 0 Å². The van der Waals surface area contributed by atoms with Crippen molar-refractivity contribution in [3.63, 3.8) is 0 Å². The highest BCUT2D eigenvalue weighted by atomic mass is 32.1. The van der Waals surface area contributed by atoms with E-state index in [9.17, 15) is 9.59 Å². The van der Waals surface area contributed by atoms with Gasteiger partial charge in [0.25, 0.3) is 5.56 Å². The van der Waals surface area contributed by atoms with E-state index in [2.05, 4.69) is 10.2 Å². The predicted octanol–water partition coefficient (Wildman–Crippen LogP) is 2.42. The van der Waals surface area contributed by atoms with Crippen LogP contribution in [-0.4, -0.2) is 25.1 Å². The van der Waals surface area contributed by atoms with E-state index in [4.69, 9.17) is 4.74 Å². The van der Waals surface area contributed by atoms with E-state index in [1.807, 2.05) is 41.8 Å². The van der Waals surface area contributed by atoms with Crippen molar-refractivity contribution < 1.29 is 9.53 Å². The number of ether oxygens (including phenoxy) is 1. The molecule has 3 aromatic heterocycles. The first-order chi connectivity index (χ1) is 13.1. The maximum absolute atomic E-state index is 12.8. The van der Waals surface area contributed by atoms with Crippen molar-refractivity contribution in [1.82, 2.24) is 19.2 Å². The summed E-state index contributed by atoms with van der Waals surface area (Å²) in [4.78, 5) is 25.1. The summed E-state index contributed by atoms with van der Waals surface area (Å²) >= 11 is 1.37. The summed E-state index contributed by atoms with van der Waals surface area (Å²) in [5, 5.41) is 10.1. The van der Waals surface area contributed by atoms with Crippen molar-refractivity contribution in [3.05, 3.63) is 63.5 Å². The number of thiophene rings is 1. The number of carbonyl (C=O) groups is 1. The average Bonchev–Trinajstić information content (AvgIpc) is 3.17. The Labute approximate surface area is 157 Å². The smallest absolute Gasteiger partial charge is 0.317 e. The van der Waals surface area contributed by atoms with Crippen molar-refractivity contribution in [2.75, 3.05) is 0 Å². The summed E-state index contributed by atoms with van der Waals surface area (Å²) in [6.45, 7) is 0.0116. The van der Waals surface area contributed by atoms with E-state index >= 15 is 0 Å². The summed E-state index contributed by atoms with van der Waals surface area (Å²) in [5.74, 6) is 0.694. The third-order valence-corrected chi connectivity index (χ3v) is 6.09. The summed E-state index contributed by atoms with van der Waals surface area (Å²) in [6, 6.07) is 11.6. The molecule has 7 nitrogen and oxygen atoms in total. The Bertz CT molecular complexity index is 1230. The first kappa shape index (κ1) is 16.2. The van der Waals surface area contributed by atoms with E-state index in [1.165, 1.54) is 15.9 Å². The highest BCUT2D eigenvalue weighted by molar-refractivity contribution is 7.17. The van der Waals surface area contributed by atoms with Crippen LogP contribution in [0.15, 0.2) is 46.6 Å². The molecule has 0 radical (unpaired) electrons. The third-order valence-electron chi connectivity index (χ3n) is 5.20. The molecule has 0 saturated heterocycles. The molecule has 27 heavy (non-hydrogen) atoms. The van der Waals surface area contributed by atoms with Crippen molar-refractivity contribution in [2.24, 2.45) is 7.05 Å². The van der Waals surface area contributed by atoms with Crippen molar-refractivity contribution in [1.29, 1.82) is 0 Å². The van der Waals surface area contributed by atoms with E-state index in [0.717, 1.165) is 23.9 Å². The number of aryl methyl sites for hydroxylation is 1. The van der Waals surface area contributed by atoms with Crippen molar-refractivity contribution in [3.8, 4) is 0 Å². The van der Waals surface area contributed by atoms with Crippen LogP contribution in [-0.2, 0) is 28.6 Å². The van der Waals surface area contributed by atoms with E-state index in [1.54, 1.807) is 11.4 Å². The zero-order valence-corrected chi connectivity index (χ0v) is 15.4. The lowest BCUT2D eigenvalue weighted by molar-refractivity contribution is -0.148. The largest absolute Gasteiger partial charge is 0.457 e. The zero-order valence-electron chi connectivity index (χ0n) is 14.6. The lowest BCUT2D eigenvalue weighted by atomic mass is 9.96. The average molecular weight is 380 g/mol. The number of benzene rings is 1. The van der Waals surface area contributed by atoms with Gasteiger partial charge < -0.3 is 4.74 Å². The van der Waals surface area contributed by atoms with Crippen LogP contribution in [0.1, 0.15) is 24.2 Å². The van der Waals surface area contributed by atoms with Crippen LogP contribution in [0.3, 0.4) is 0 Å². The van der Waals surface area contributed by atoms with Crippen LogP contribution in [0.4, 0.5) is 0 Å². The van der Waals surface area contributed by atoms with Gasteiger partial charge in [0.2, 0.25) is 5.78 Å². The Morgan fingerprint density at radius 1 is 1.22 bits per heavy atom. The van der Waals surface area contributed by atoms with Gasteiger partial charge in [-0.1, -0.05) is 30.3 Å². The second-order valence-corrected chi connectivity index (χ2v) is 7.69. The summed E-state index contributed by atoms with van der Waals surface area (Å²) in [7, 11) is 1.66. The number of esters is 1. The predicted molar refractivity (Wildman–Crippen MR) is 101 cm³/mol. The van der Waals surface area contributed by atoms with Crippen LogP contribution in [0.25, 0.3) is 16.0 Å². The minimum Gasteiger partial charge on any atom is -0.457 e. The quantitative estimate of drug-likeness (QED) is 0.508. The highest BCUT2D eigenvalue weighted by Gasteiger charge is 2.52. The second kappa shape index (κ2) is 5.75. The Kier molecular flexibility index (Phi) is 3.45. The van der Waals surface area contributed by atoms with Crippen LogP contribution in [0, 0.1) is 0 Å². The highest BCUT2D eigenvalue weighted by Crippen LogP contribution is 2.49. The van der Waals surface area contributed by atoms with E-state index in [0.29, 0.717) is 16.3 Å². The standard InChI is InChI=1S/C19H16N4O3S/c1-22-16(24)15-13(7-10-27-15)23-14(20-21-18(22)23)11-26-17(25)19(8-9-19)12-5-3-2-4-6-12/h2-7,10H,8-9,11H2,1H3. The van der Waals surface area contributed by atoms with E-state index in [-0.39, 0.29) is 18.1 Å². The van der Waals surface area contributed by atoms with Gasteiger partial charge in [0.15, 0.2) is 12.4 Å². The lowest BCUT2D eigenvalue weighted by Crippen LogP contribution is -2.24. The number of hydrogen-bond acceptors (Lipinski definition) is 6. The SMILES string of the molecule is Cn1c(=O)c2sccc2n2c(COC(=O)C3(c4ccccc4)CC3)nnc12. The number of rotatable bonds is 4. The molecule has 0 unspecified atom stereocenters. The molecule has 8 heteroatoms. The molecule has 0 atom stereocenters. The topological polar surface area (TPSA) is 78.5 Å². The fourth-order valence-electron chi connectivity index (χ4n) is 3.51. The zero-order chi connectivity index (χ0) is 18.6. The number of nitrogens with zero attached hydrogens (tertiary/aromatic N) is 4. The Balaban J connectivity index is 1.48. The first-order valence-electron chi connectivity index (χ1n) is 8.65. The van der Waals surface area contributed by atoms with Gasteiger partial charge in [-0.25, -0.2) is 0 Å². The Hall–Kier alpha value is -3.00. The number of aromatic nitrogens is 4. The molecule has 1 saturated carbocycles. The van der Waals surface area contributed by atoms with Gasteiger partial charge in [-0.3, -0.25) is 18.6 Å². The molecule has 1 fully saturated rings. The second-order valence-electron chi connectivity index (χ2n) is 6.78. The minimum absolute atomic E-state index is 0.0116.